The predicted octanol–water partition coefficient (Wildman–Crippen LogP) is 3.48. The van der Waals surface area contributed by atoms with Crippen molar-refractivity contribution in [2.24, 2.45) is 7.05 Å². The summed E-state index contributed by atoms with van der Waals surface area (Å²) in [5.41, 5.74) is 4.38. The highest BCUT2D eigenvalue weighted by Crippen LogP contribution is 2.44. The summed E-state index contributed by atoms with van der Waals surface area (Å²) in [7, 11) is 1.54. The second-order valence-corrected chi connectivity index (χ2v) is 6.31. The van der Waals surface area contributed by atoms with Crippen LogP contribution in [0.4, 0.5) is 10.6 Å². The molecule has 2 aromatic carbocycles. The second kappa shape index (κ2) is 6.60. The van der Waals surface area contributed by atoms with Crippen LogP contribution in [0.15, 0.2) is 54.9 Å². The van der Waals surface area contributed by atoms with Crippen molar-refractivity contribution in [1.29, 1.82) is 0 Å². The van der Waals surface area contributed by atoms with Gasteiger partial charge in [0.1, 0.15) is 6.61 Å². The summed E-state index contributed by atoms with van der Waals surface area (Å²) in [4.78, 5) is 27.4. The van der Waals surface area contributed by atoms with Gasteiger partial charge in [-0.3, -0.25) is 5.32 Å². The molecule has 0 radical (unpaired) electrons. The van der Waals surface area contributed by atoms with Crippen LogP contribution in [-0.2, 0) is 11.8 Å². The molecule has 7 nitrogen and oxygen atoms in total. The third-order valence-electron chi connectivity index (χ3n) is 4.70. The van der Waals surface area contributed by atoms with Crippen molar-refractivity contribution < 1.29 is 19.4 Å². The summed E-state index contributed by atoms with van der Waals surface area (Å²) in [6.45, 7) is 0.148. The van der Waals surface area contributed by atoms with Crippen LogP contribution in [0, 0.1) is 0 Å². The lowest BCUT2D eigenvalue weighted by Crippen LogP contribution is -2.19. The Morgan fingerprint density at radius 1 is 1.11 bits per heavy atom. The largest absolute Gasteiger partial charge is 0.476 e. The number of imidazole rings is 1. The van der Waals surface area contributed by atoms with Gasteiger partial charge in [-0.25, -0.2) is 14.6 Å². The summed E-state index contributed by atoms with van der Waals surface area (Å²) >= 11 is 0. The SMILES string of the molecule is Cn1cnc(NC(=O)OCC2c3ccccc3-c3ccccc32)c1C(=O)O. The lowest BCUT2D eigenvalue weighted by Gasteiger charge is -2.14. The van der Waals surface area contributed by atoms with Crippen molar-refractivity contribution >= 4 is 17.9 Å². The number of carboxylic acid groups (broad SMARTS) is 1. The number of carbonyl (C=O) groups is 2. The topological polar surface area (TPSA) is 93.5 Å². The van der Waals surface area contributed by atoms with E-state index < -0.39 is 12.1 Å². The van der Waals surface area contributed by atoms with Crippen molar-refractivity contribution in [3.8, 4) is 11.1 Å². The Hall–Kier alpha value is -3.61. The second-order valence-electron chi connectivity index (χ2n) is 6.31. The van der Waals surface area contributed by atoms with Gasteiger partial charge in [0, 0.05) is 13.0 Å². The van der Waals surface area contributed by atoms with Crippen LogP contribution in [0.3, 0.4) is 0 Å². The third kappa shape index (κ3) is 2.93. The molecular formula is C20H17N3O4. The van der Waals surface area contributed by atoms with Crippen LogP contribution in [0.1, 0.15) is 27.5 Å². The molecule has 1 aliphatic rings. The summed E-state index contributed by atoms with van der Waals surface area (Å²) in [6, 6.07) is 16.1. The van der Waals surface area contributed by atoms with E-state index in [4.69, 9.17) is 4.74 Å². The quantitative estimate of drug-likeness (QED) is 0.740. The number of nitrogens with zero attached hydrogens (tertiary/aromatic N) is 2. The monoisotopic (exact) mass is 363 g/mol. The molecule has 0 spiro atoms. The summed E-state index contributed by atoms with van der Waals surface area (Å²) in [5.74, 6) is -1.28. The number of rotatable bonds is 4. The van der Waals surface area contributed by atoms with E-state index in [9.17, 15) is 14.7 Å². The molecule has 0 saturated carbocycles. The number of benzene rings is 2. The molecule has 7 heteroatoms. The Bertz CT molecular complexity index is 996. The molecule has 0 bridgehead atoms. The highest BCUT2D eigenvalue weighted by molar-refractivity contribution is 5.96. The zero-order chi connectivity index (χ0) is 19.0. The normalized spacial score (nSPS) is 12.3. The van der Waals surface area contributed by atoms with Crippen LogP contribution in [0.2, 0.25) is 0 Å². The van der Waals surface area contributed by atoms with Gasteiger partial charge in [0.25, 0.3) is 0 Å². The molecule has 0 saturated heterocycles. The predicted molar refractivity (Wildman–Crippen MR) is 98.9 cm³/mol. The number of ether oxygens (including phenoxy) is 1. The summed E-state index contributed by atoms with van der Waals surface area (Å²) < 4.78 is 6.72. The maximum absolute atomic E-state index is 12.2. The number of nitrogens with one attached hydrogen (secondary N) is 1. The molecule has 1 aromatic heterocycles. The molecule has 2 N–H and O–H groups in total. The van der Waals surface area contributed by atoms with E-state index in [0.717, 1.165) is 22.3 Å². The molecule has 1 amide bonds. The van der Waals surface area contributed by atoms with Gasteiger partial charge in [0.2, 0.25) is 0 Å². The fourth-order valence-corrected chi connectivity index (χ4v) is 3.51. The number of hydrogen-bond acceptors (Lipinski definition) is 4. The number of carbonyl (C=O) groups excluding carboxylic acids is 1. The fraction of sp³-hybridized carbons (Fsp3) is 0.150. The number of aryl methyl sites for hydroxylation is 1. The molecule has 4 rings (SSSR count). The molecule has 3 aromatic rings. The fourth-order valence-electron chi connectivity index (χ4n) is 3.51. The smallest absolute Gasteiger partial charge is 0.412 e. The van der Waals surface area contributed by atoms with Crippen molar-refractivity contribution in [2.75, 3.05) is 11.9 Å². The Morgan fingerprint density at radius 2 is 1.70 bits per heavy atom. The minimum atomic E-state index is -1.18. The Labute approximate surface area is 155 Å². The van der Waals surface area contributed by atoms with E-state index in [-0.39, 0.29) is 24.0 Å². The number of fused-ring (bicyclic) bond motifs is 3. The minimum Gasteiger partial charge on any atom is -0.476 e. The molecule has 0 unspecified atom stereocenters. The Morgan fingerprint density at radius 3 is 2.30 bits per heavy atom. The first-order valence-electron chi connectivity index (χ1n) is 8.43. The van der Waals surface area contributed by atoms with Crippen LogP contribution in [0.25, 0.3) is 11.1 Å². The first kappa shape index (κ1) is 16.8. The average Bonchev–Trinajstić information content (AvgIpc) is 3.18. The maximum atomic E-state index is 12.2. The van der Waals surface area contributed by atoms with Crippen LogP contribution in [-0.4, -0.2) is 33.3 Å². The third-order valence-corrected chi connectivity index (χ3v) is 4.70. The first-order chi connectivity index (χ1) is 13.1. The summed E-state index contributed by atoms with van der Waals surface area (Å²) in [6.07, 6.45) is 0.584. The molecule has 27 heavy (non-hydrogen) atoms. The van der Waals surface area contributed by atoms with E-state index >= 15 is 0 Å². The van der Waals surface area contributed by atoms with Gasteiger partial charge in [0.15, 0.2) is 11.5 Å². The van der Waals surface area contributed by atoms with Gasteiger partial charge in [-0.15, -0.1) is 0 Å². The Balaban J connectivity index is 1.51. The van der Waals surface area contributed by atoms with Gasteiger partial charge in [-0.2, -0.15) is 0 Å². The van der Waals surface area contributed by atoms with Gasteiger partial charge in [-0.05, 0) is 22.3 Å². The van der Waals surface area contributed by atoms with Gasteiger partial charge < -0.3 is 14.4 Å². The molecule has 0 aliphatic heterocycles. The number of carboxylic acids is 1. The first-order valence-corrected chi connectivity index (χ1v) is 8.43. The average molecular weight is 363 g/mol. The van der Waals surface area contributed by atoms with Crippen LogP contribution in [0.5, 0.6) is 0 Å². The minimum absolute atomic E-state index is 0.0396. The molecule has 1 heterocycles. The standard InChI is InChI=1S/C20H17N3O4/c1-23-11-21-18(17(23)19(24)25)22-20(26)27-10-16-14-8-4-2-6-12(14)13-7-3-5-9-15(13)16/h2-9,11,16H,10H2,1H3,(H,22,26)(H,24,25). The van der Waals surface area contributed by atoms with Crippen molar-refractivity contribution in [3.05, 3.63) is 71.7 Å². The van der Waals surface area contributed by atoms with E-state index in [0.29, 0.717) is 0 Å². The number of hydrogen-bond donors (Lipinski definition) is 2. The summed E-state index contributed by atoms with van der Waals surface area (Å²) in [5, 5.41) is 11.6. The highest BCUT2D eigenvalue weighted by Gasteiger charge is 2.29. The molecule has 136 valence electrons. The number of amides is 1. The van der Waals surface area contributed by atoms with Gasteiger partial charge in [0.05, 0.1) is 6.33 Å². The van der Waals surface area contributed by atoms with E-state index in [1.807, 2.05) is 36.4 Å². The van der Waals surface area contributed by atoms with E-state index in [1.165, 1.54) is 10.9 Å². The van der Waals surface area contributed by atoms with E-state index in [1.54, 1.807) is 7.05 Å². The zero-order valence-corrected chi connectivity index (χ0v) is 14.5. The number of aromatic nitrogens is 2. The lowest BCUT2D eigenvalue weighted by molar-refractivity contribution is 0.0687. The maximum Gasteiger partial charge on any atom is 0.412 e. The number of anilines is 1. The highest BCUT2D eigenvalue weighted by atomic mass is 16.5. The molecule has 1 aliphatic carbocycles. The Kier molecular flexibility index (Phi) is 4.12. The van der Waals surface area contributed by atoms with Crippen LogP contribution >= 0.6 is 0 Å². The number of aromatic carboxylic acids is 1. The van der Waals surface area contributed by atoms with Crippen molar-refractivity contribution in [1.82, 2.24) is 9.55 Å². The molecular weight excluding hydrogens is 346 g/mol. The van der Waals surface area contributed by atoms with Gasteiger partial charge in [-0.1, -0.05) is 48.5 Å². The van der Waals surface area contributed by atoms with Gasteiger partial charge >= 0.3 is 12.1 Å². The van der Waals surface area contributed by atoms with Crippen molar-refractivity contribution in [3.63, 3.8) is 0 Å². The molecule has 0 fully saturated rings. The molecule has 0 atom stereocenters. The van der Waals surface area contributed by atoms with Crippen LogP contribution < -0.4 is 5.32 Å². The van der Waals surface area contributed by atoms with Crippen molar-refractivity contribution in [2.45, 2.75) is 5.92 Å². The van der Waals surface area contributed by atoms with E-state index in [2.05, 4.69) is 22.4 Å². The zero-order valence-electron chi connectivity index (χ0n) is 14.5. The lowest BCUT2D eigenvalue weighted by atomic mass is 9.98.